The molecule has 116 valence electrons. The number of hydrogen-bond donors (Lipinski definition) is 2. The molecule has 1 aromatic carbocycles. The second kappa shape index (κ2) is 7.34. The Morgan fingerprint density at radius 1 is 1.29 bits per heavy atom. The van der Waals surface area contributed by atoms with Crippen molar-refractivity contribution in [2.24, 2.45) is 11.8 Å². The highest BCUT2D eigenvalue weighted by Gasteiger charge is 2.20. The Bertz CT molecular complexity index is 480. The van der Waals surface area contributed by atoms with Gasteiger partial charge in [-0.1, -0.05) is 26.2 Å². The summed E-state index contributed by atoms with van der Waals surface area (Å²) in [6, 6.07) is 5.14. The second-order valence-corrected chi connectivity index (χ2v) is 5.96. The summed E-state index contributed by atoms with van der Waals surface area (Å²) < 4.78 is 5.15. The lowest BCUT2D eigenvalue weighted by molar-refractivity contribution is 0.0941. The lowest BCUT2D eigenvalue weighted by Crippen LogP contribution is -2.31. The van der Waals surface area contributed by atoms with Gasteiger partial charge < -0.3 is 15.8 Å². The Labute approximate surface area is 127 Å². The molecular formula is C17H26N2O2. The van der Waals surface area contributed by atoms with E-state index in [0.29, 0.717) is 22.9 Å². The first-order chi connectivity index (χ1) is 10.1. The fourth-order valence-electron chi connectivity index (χ4n) is 3.04. The summed E-state index contributed by atoms with van der Waals surface area (Å²) >= 11 is 0. The molecule has 1 aliphatic rings. The minimum absolute atomic E-state index is 0.0501. The van der Waals surface area contributed by atoms with Crippen molar-refractivity contribution in [3.05, 3.63) is 23.8 Å². The average molecular weight is 290 g/mol. The van der Waals surface area contributed by atoms with Gasteiger partial charge in [-0.05, 0) is 42.9 Å². The smallest absolute Gasteiger partial charge is 0.251 e. The monoisotopic (exact) mass is 290 g/mol. The van der Waals surface area contributed by atoms with E-state index in [0.717, 1.165) is 12.5 Å². The number of methoxy groups -OCH3 is 1. The lowest BCUT2D eigenvalue weighted by atomic mass is 9.81. The highest BCUT2D eigenvalue weighted by molar-refractivity contribution is 5.95. The molecule has 0 heterocycles. The Kier molecular flexibility index (Phi) is 5.48. The maximum Gasteiger partial charge on any atom is 0.251 e. The molecule has 0 saturated heterocycles. The average Bonchev–Trinajstić information content (AvgIpc) is 2.53. The lowest BCUT2D eigenvalue weighted by Gasteiger charge is -2.27. The highest BCUT2D eigenvalue weighted by atomic mass is 16.5. The molecule has 0 radical (unpaired) electrons. The molecule has 0 aliphatic heterocycles. The van der Waals surface area contributed by atoms with Gasteiger partial charge in [-0.15, -0.1) is 0 Å². The van der Waals surface area contributed by atoms with Crippen LogP contribution in [0.15, 0.2) is 18.2 Å². The van der Waals surface area contributed by atoms with E-state index in [1.807, 2.05) is 0 Å². The van der Waals surface area contributed by atoms with E-state index in [-0.39, 0.29) is 5.91 Å². The largest absolute Gasteiger partial charge is 0.495 e. The number of ether oxygens (including phenoxy) is 1. The Morgan fingerprint density at radius 3 is 2.57 bits per heavy atom. The molecule has 1 saturated carbocycles. The van der Waals surface area contributed by atoms with Crippen LogP contribution in [0.25, 0.3) is 0 Å². The van der Waals surface area contributed by atoms with Gasteiger partial charge in [0.05, 0.1) is 12.8 Å². The zero-order valence-electron chi connectivity index (χ0n) is 13.0. The van der Waals surface area contributed by atoms with E-state index in [1.54, 1.807) is 25.3 Å². The molecular weight excluding hydrogens is 264 g/mol. The summed E-state index contributed by atoms with van der Waals surface area (Å²) in [7, 11) is 1.56. The molecule has 1 amide bonds. The van der Waals surface area contributed by atoms with Gasteiger partial charge >= 0.3 is 0 Å². The SMILES string of the molecule is CCC1CCC(CNC(=O)c2ccc(N)c(OC)c2)CC1. The Hall–Kier alpha value is -1.71. The third kappa shape index (κ3) is 4.13. The van der Waals surface area contributed by atoms with Crippen LogP contribution in [-0.4, -0.2) is 19.6 Å². The number of benzene rings is 1. The predicted molar refractivity (Wildman–Crippen MR) is 85.5 cm³/mol. The standard InChI is InChI=1S/C17H26N2O2/c1-3-12-4-6-13(7-5-12)11-19-17(20)14-8-9-15(18)16(10-14)21-2/h8-10,12-13H,3-7,11,18H2,1-2H3,(H,19,20). The fourth-order valence-corrected chi connectivity index (χ4v) is 3.04. The van der Waals surface area contributed by atoms with Crippen molar-refractivity contribution < 1.29 is 9.53 Å². The van der Waals surface area contributed by atoms with Crippen molar-refractivity contribution in [3.63, 3.8) is 0 Å². The normalized spacial score (nSPS) is 21.8. The topological polar surface area (TPSA) is 64.4 Å². The zero-order valence-corrected chi connectivity index (χ0v) is 13.0. The number of hydrogen-bond acceptors (Lipinski definition) is 3. The van der Waals surface area contributed by atoms with E-state index in [9.17, 15) is 4.79 Å². The summed E-state index contributed by atoms with van der Waals surface area (Å²) in [4.78, 5) is 12.2. The molecule has 1 fully saturated rings. The van der Waals surface area contributed by atoms with Crippen molar-refractivity contribution in [1.82, 2.24) is 5.32 Å². The number of nitrogens with one attached hydrogen (secondary N) is 1. The molecule has 4 heteroatoms. The highest BCUT2D eigenvalue weighted by Crippen LogP contribution is 2.30. The molecule has 0 aromatic heterocycles. The van der Waals surface area contributed by atoms with Crippen LogP contribution in [0, 0.1) is 11.8 Å². The van der Waals surface area contributed by atoms with Crippen LogP contribution in [0.3, 0.4) is 0 Å². The minimum atomic E-state index is -0.0501. The number of nitrogen functional groups attached to an aromatic ring is 1. The molecule has 0 atom stereocenters. The van der Waals surface area contributed by atoms with Gasteiger partial charge in [0.2, 0.25) is 0 Å². The molecule has 0 bridgehead atoms. The number of rotatable bonds is 5. The summed E-state index contributed by atoms with van der Waals surface area (Å²) in [5, 5.41) is 3.04. The molecule has 1 aromatic rings. The molecule has 2 rings (SSSR count). The van der Waals surface area contributed by atoms with Crippen LogP contribution in [-0.2, 0) is 0 Å². The van der Waals surface area contributed by atoms with Gasteiger partial charge in [0, 0.05) is 12.1 Å². The third-order valence-corrected chi connectivity index (χ3v) is 4.59. The first kappa shape index (κ1) is 15.7. The third-order valence-electron chi connectivity index (χ3n) is 4.59. The first-order valence-corrected chi connectivity index (χ1v) is 7.85. The van der Waals surface area contributed by atoms with Crippen molar-refractivity contribution in [1.29, 1.82) is 0 Å². The van der Waals surface area contributed by atoms with Gasteiger partial charge in [0.15, 0.2) is 0 Å². The number of amides is 1. The minimum Gasteiger partial charge on any atom is -0.495 e. The number of nitrogens with two attached hydrogens (primary N) is 1. The van der Waals surface area contributed by atoms with Crippen LogP contribution in [0.2, 0.25) is 0 Å². The van der Waals surface area contributed by atoms with Gasteiger partial charge in [-0.25, -0.2) is 0 Å². The van der Waals surface area contributed by atoms with Crippen LogP contribution >= 0.6 is 0 Å². The van der Waals surface area contributed by atoms with E-state index in [1.165, 1.54) is 32.1 Å². The van der Waals surface area contributed by atoms with Crippen molar-refractivity contribution in [2.45, 2.75) is 39.0 Å². The van der Waals surface area contributed by atoms with E-state index in [4.69, 9.17) is 10.5 Å². The number of carbonyl (C=O) groups excluding carboxylic acids is 1. The van der Waals surface area contributed by atoms with Gasteiger partial charge in [0.1, 0.15) is 5.75 Å². The zero-order chi connectivity index (χ0) is 15.2. The summed E-state index contributed by atoms with van der Waals surface area (Å²) in [6.07, 6.45) is 6.33. The maximum atomic E-state index is 12.2. The van der Waals surface area contributed by atoms with Crippen molar-refractivity contribution in [3.8, 4) is 5.75 Å². The maximum absolute atomic E-state index is 12.2. The van der Waals surface area contributed by atoms with Crippen LogP contribution < -0.4 is 15.8 Å². The number of anilines is 1. The molecule has 3 N–H and O–H groups in total. The van der Waals surface area contributed by atoms with Gasteiger partial charge in [-0.3, -0.25) is 4.79 Å². The van der Waals surface area contributed by atoms with Gasteiger partial charge in [0.25, 0.3) is 5.91 Å². The summed E-state index contributed by atoms with van der Waals surface area (Å²) in [5.41, 5.74) is 6.91. The van der Waals surface area contributed by atoms with E-state index < -0.39 is 0 Å². The van der Waals surface area contributed by atoms with Crippen molar-refractivity contribution >= 4 is 11.6 Å². The van der Waals surface area contributed by atoms with Crippen LogP contribution in [0.1, 0.15) is 49.4 Å². The van der Waals surface area contributed by atoms with E-state index in [2.05, 4.69) is 12.2 Å². The summed E-state index contributed by atoms with van der Waals surface area (Å²) in [6.45, 7) is 3.03. The first-order valence-electron chi connectivity index (χ1n) is 7.85. The van der Waals surface area contributed by atoms with Crippen LogP contribution in [0.5, 0.6) is 5.75 Å². The van der Waals surface area contributed by atoms with Gasteiger partial charge in [-0.2, -0.15) is 0 Å². The Balaban J connectivity index is 1.85. The predicted octanol–water partition coefficient (Wildman–Crippen LogP) is 3.22. The van der Waals surface area contributed by atoms with Crippen LogP contribution in [0.4, 0.5) is 5.69 Å². The molecule has 0 unspecified atom stereocenters. The second-order valence-electron chi connectivity index (χ2n) is 5.96. The molecule has 1 aliphatic carbocycles. The summed E-state index contributed by atoms with van der Waals surface area (Å²) in [5.74, 6) is 2.00. The fraction of sp³-hybridized carbons (Fsp3) is 0.588. The van der Waals surface area contributed by atoms with Crippen molar-refractivity contribution in [2.75, 3.05) is 19.4 Å². The molecule has 0 spiro atoms. The quantitative estimate of drug-likeness (QED) is 0.818. The molecule has 21 heavy (non-hydrogen) atoms. The Morgan fingerprint density at radius 2 is 1.95 bits per heavy atom. The molecule has 4 nitrogen and oxygen atoms in total. The number of carbonyl (C=O) groups is 1. The van der Waals surface area contributed by atoms with E-state index >= 15 is 0 Å².